The number of hydrogen-bond donors (Lipinski definition) is 0. The Labute approximate surface area is 85.7 Å². The number of pyridine rings is 1. The van der Waals surface area contributed by atoms with Crippen molar-refractivity contribution >= 4 is 15.9 Å². The maximum atomic E-state index is 8.97. The van der Waals surface area contributed by atoms with Gasteiger partial charge in [-0.25, -0.2) is 4.98 Å². The molecule has 0 amide bonds. The van der Waals surface area contributed by atoms with Crippen LogP contribution in [0.25, 0.3) is 0 Å². The standard InChI is InChI=1S/C10H9BrN2/c11-10-4-3-8(6-13-10)9(5-12)7-1-2-7/h3-4,6-7,9H,1-2H2. The van der Waals surface area contributed by atoms with Crippen molar-refractivity contribution in [1.82, 2.24) is 4.98 Å². The fraction of sp³-hybridized carbons (Fsp3) is 0.400. The molecule has 1 heterocycles. The minimum Gasteiger partial charge on any atom is -0.249 e. The topological polar surface area (TPSA) is 36.7 Å². The summed E-state index contributed by atoms with van der Waals surface area (Å²) in [6.45, 7) is 0. The van der Waals surface area contributed by atoms with E-state index in [1.165, 1.54) is 12.8 Å². The lowest BCUT2D eigenvalue weighted by Crippen LogP contribution is -1.98. The largest absolute Gasteiger partial charge is 0.249 e. The number of aromatic nitrogens is 1. The average molecular weight is 237 g/mol. The molecule has 2 nitrogen and oxygen atoms in total. The van der Waals surface area contributed by atoms with Crippen LogP contribution >= 0.6 is 15.9 Å². The molecular formula is C10H9BrN2. The summed E-state index contributed by atoms with van der Waals surface area (Å²) in [4.78, 5) is 4.12. The molecule has 66 valence electrons. The second-order valence-corrected chi connectivity index (χ2v) is 4.17. The molecule has 1 unspecified atom stereocenters. The SMILES string of the molecule is N#CC(c1ccc(Br)nc1)C1CC1. The molecule has 0 saturated heterocycles. The average Bonchev–Trinajstić information content (AvgIpc) is 2.93. The van der Waals surface area contributed by atoms with Crippen molar-refractivity contribution in [2.45, 2.75) is 18.8 Å². The highest BCUT2D eigenvalue weighted by Gasteiger charge is 2.32. The molecule has 1 atom stereocenters. The molecule has 13 heavy (non-hydrogen) atoms. The normalized spacial score (nSPS) is 17.8. The Balaban J connectivity index is 2.23. The predicted molar refractivity (Wildman–Crippen MR) is 53.0 cm³/mol. The van der Waals surface area contributed by atoms with Crippen molar-refractivity contribution in [2.24, 2.45) is 5.92 Å². The third-order valence-corrected chi connectivity index (χ3v) is 2.81. The van der Waals surface area contributed by atoms with Gasteiger partial charge >= 0.3 is 0 Å². The quantitative estimate of drug-likeness (QED) is 0.741. The van der Waals surface area contributed by atoms with Gasteiger partial charge in [0.15, 0.2) is 0 Å². The molecule has 1 aliphatic carbocycles. The van der Waals surface area contributed by atoms with Crippen LogP contribution in [0.5, 0.6) is 0 Å². The van der Waals surface area contributed by atoms with Gasteiger partial charge in [0.05, 0.1) is 12.0 Å². The number of nitriles is 1. The number of nitrogens with zero attached hydrogens (tertiary/aromatic N) is 2. The predicted octanol–water partition coefficient (Wildman–Crippen LogP) is 2.86. The minimum absolute atomic E-state index is 0.0561. The first-order valence-electron chi connectivity index (χ1n) is 4.32. The van der Waals surface area contributed by atoms with E-state index in [2.05, 4.69) is 27.0 Å². The summed E-state index contributed by atoms with van der Waals surface area (Å²) >= 11 is 3.28. The Morgan fingerprint density at radius 1 is 1.54 bits per heavy atom. The van der Waals surface area contributed by atoms with Crippen molar-refractivity contribution in [1.29, 1.82) is 5.26 Å². The van der Waals surface area contributed by atoms with Crippen molar-refractivity contribution in [3.8, 4) is 6.07 Å². The molecule has 0 radical (unpaired) electrons. The van der Waals surface area contributed by atoms with Gasteiger partial charge in [0.2, 0.25) is 0 Å². The second kappa shape index (κ2) is 3.47. The van der Waals surface area contributed by atoms with Crippen molar-refractivity contribution in [3.05, 3.63) is 28.5 Å². The Hall–Kier alpha value is -0.880. The molecule has 3 heteroatoms. The fourth-order valence-corrected chi connectivity index (χ4v) is 1.69. The van der Waals surface area contributed by atoms with Gasteiger partial charge in [-0.3, -0.25) is 0 Å². The van der Waals surface area contributed by atoms with Crippen molar-refractivity contribution in [2.75, 3.05) is 0 Å². The molecule has 1 aromatic rings. The molecule has 1 fully saturated rings. The van der Waals surface area contributed by atoms with E-state index in [4.69, 9.17) is 5.26 Å². The van der Waals surface area contributed by atoms with E-state index < -0.39 is 0 Å². The maximum Gasteiger partial charge on any atom is 0.106 e. The minimum atomic E-state index is 0.0561. The van der Waals surface area contributed by atoms with Crippen LogP contribution in [0.15, 0.2) is 22.9 Å². The molecule has 1 aliphatic rings. The molecule has 2 rings (SSSR count). The molecule has 1 saturated carbocycles. The molecule has 0 N–H and O–H groups in total. The molecule has 0 spiro atoms. The van der Waals surface area contributed by atoms with Crippen LogP contribution in [-0.2, 0) is 0 Å². The second-order valence-electron chi connectivity index (χ2n) is 3.36. The summed E-state index contributed by atoms with van der Waals surface area (Å²) in [6, 6.07) is 6.21. The van der Waals surface area contributed by atoms with Crippen LogP contribution in [0.4, 0.5) is 0 Å². The van der Waals surface area contributed by atoms with Gasteiger partial charge in [-0.15, -0.1) is 0 Å². The van der Waals surface area contributed by atoms with Gasteiger partial charge in [-0.2, -0.15) is 5.26 Å². The van der Waals surface area contributed by atoms with Crippen LogP contribution in [-0.4, -0.2) is 4.98 Å². The smallest absolute Gasteiger partial charge is 0.106 e. The van der Waals surface area contributed by atoms with E-state index >= 15 is 0 Å². The maximum absolute atomic E-state index is 8.97. The summed E-state index contributed by atoms with van der Waals surface area (Å²) in [5, 5.41) is 8.97. The van der Waals surface area contributed by atoms with Crippen LogP contribution in [0.2, 0.25) is 0 Å². The number of halogens is 1. The van der Waals surface area contributed by atoms with Crippen LogP contribution < -0.4 is 0 Å². The van der Waals surface area contributed by atoms with Crippen LogP contribution in [0.3, 0.4) is 0 Å². The van der Waals surface area contributed by atoms with Gasteiger partial charge in [0.25, 0.3) is 0 Å². The Morgan fingerprint density at radius 3 is 2.77 bits per heavy atom. The van der Waals surface area contributed by atoms with Crippen molar-refractivity contribution < 1.29 is 0 Å². The first-order valence-corrected chi connectivity index (χ1v) is 5.11. The lowest BCUT2D eigenvalue weighted by atomic mass is 9.98. The van der Waals surface area contributed by atoms with E-state index in [0.717, 1.165) is 10.2 Å². The summed E-state index contributed by atoms with van der Waals surface area (Å²) in [7, 11) is 0. The lowest BCUT2D eigenvalue weighted by molar-refractivity contribution is 0.736. The highest BCUT2D eigenvalue weighted by molar-refractivity contribution is 9.10. The van der Waals surface area contributed by atoms with E-state index in [-0.39, 0.29) is 5.92 Å². The highest BCUT2D eigenvalue weighted by atomic mass is 79.9. The van der Waals surface area contributed by atoms with E-state index in [1.807, 2.05) is 12.1 Å². The van der Waals surface area contributed by atoms with Crippen LogP contribution in [0.1, 0.15) is 24.3 Å². The van der Waals surface area contributed by atoms with E-state index in [9.17, 15) is 0 Å². The molecule has 0 bridgehead atoms. The lowest BCUT2D eigenvalue weighted by Gasteiger charge is -2.06. The Morgan fingerprint density at radius 2 is 2.31 bits per heavy atom. The van der Waals surface area contributed by atoms with Gasteiger partial charge in [-0.1, -0.05) is 6.07 Å². The summed E-state index contributed by atoms with van der Waals surface area (Å²) in [6.07, 6.45) is 4.17. The zero-order chi connectivity index (χ0) is 9.26. The van der Waals surface area contributed by atoms with Gasteiger partial charge in [0, 0.05) is 6.20 Å². The molecule has 1 aromatic heterocycles. The van der Waals surface area contributed by atoms with Crippen molar-refractivity contribution in [3.63, 3.8) is 0 Å². The highest BCUT2D eigenvalue weighted by Crippen LogP contribution is 2.41. The van der Waals surface area contributed by atoms with Gasteiger partial charge in [-0.05, 0) is 46.3 Å². The van der Waals surface area contributed by atoms with Gasteiger partial charge < -0.3 is 0 Å². The summed E-state index contributed by atoms with van der Waals surface area (Å²) in [5.41, 5.74) is 1.05. The first kappa shape index (κ1) is 8.71. The fourth-order valence-electron chi connectivity index (χ4n) is 1.45. The third-order valence-electron chi connectivity index (χ3n) is 2.34. The van der Waals surface area contributed by atoms with Gasteiger partial charge in [0.1, 0.15) is 4.60 Å². The zero-order valence-electron chi connectivity index (χ0n) is 7.07. The van der Waals surface area contributed by atoms with E-state index in [1.54, 1.807) is 6.20 Å². The summed E-state index contributed by atoms with van der Waals surface area (Å²) in [5.74, 6) is 0.633. The molecular weight excluding hydrogens is 228 g/mol. The van der Waals surface area contributed by atoms with Crippen LogP contribution in [0, 0.1) is 17.2 Å². The van der Waals surface area contributed by atoms with E-state index in [0.29, 0.717) is 5.92 Å². The number of hydrogen-bond acceptors (Lipinski definition) is 2. The first-order chi connectivity index (χ1) is 6.31. The molecule has 0 aliphatic heterocycles. The zero-order valence-corrected chi connectivity index (χ0v) is 8.66. The molecule has 0 aromatic carbocycles. The summed E-state index contributed by atoms with van der Waals surface area (Å²) < 4.78 is 0.823. The third kappa shape index (κ3) is 1.89. The Kier molecular flexibility index (Phi) is 2.32. The monoisotopic (exact) mass is 236 g/mol. The Bertz CT molecular complexity index is 335. The number of rotatable bonds is 2.